The van der Waals surface area contributed by atoms with Crippen molar-refractivity contribution in [1.29, 1.82) is 0 Å². The van der Waals surface area contributed by atoms with Gasteiger partial charge < -0.3 is 5.32 Å². The molecule has 1 N–H and O–H groups in total. The molecule has 17 heavy (non-hydrogen) atoms. The van der Waals surface area contributed by atoms with Crippen LogP contribution in [0.2, 0.25) is 0 Å². The summed E-state index contributed by atoms with van der Waals surface area (Å²) in [5, 5.41) is 8.30. The van der Waals surface area contributed by atoms with Crippen LogP contribution in [0.5, 0.6) is 0 Å². The lowest BCUT2D eigenvalue weighted by atomic mass is 10.1. The normalized spacial score (nSPS) is 20.8. The van der Waals surface area contributed by atoms with E-state index in [0.717, 1.165) is 16.7 Å². The molecule has 0 bridgehead atoms. The summed E-state index contributed by atoms with van der Waals surface area (Å²) in [6.07, 6.45) is 1.85. The Labute approximate surface area is 111 Å². The van der Waals surface area contributed by atoms with E-state index >= 15 is 0 Å². The SMILES string of the molecule is CC(C)C1CN=C(NC(C)(C)c2nccs2)S1. The predicted octanol–water partition coefficient (Wildman–Crippen LogP) is 3.10. The Balaban J connectivity index is 1.99. The minimum Gasteiger partial charge on any atom is -0.354 e. The van der Waals surface area contributed by atoms with Gasteiger partial charge in [0.2, 0.25) is 0 Å². The van der Waals surface area contributed by atoms with Gasteiger partial charge in [0.15, 0.2) is 5.17 Å². The number of aromatic nitrogens is 1. The molecule has 0 radical (unpaired) electrons. The Morgan fingerprint density at radius 3 is 2.76 bits per heavy atom. The molecule has 2 rings (SSSR count). The standard InChI is InChI=1S/C12H19N3S2/c1-8(2)9-7-14-11(17-9)15-12(3,4)10-13-5-6-16-10/h5-6,8-9H,7H2,1-4H3,(H,14,15). The van der Waals surface area contributed by atoms with Gasteiger partial charge >= 0.3 is 0 Å². The highest BCUT2D eigenvalue weighted by Gasteiger charge is 2.29. The third-order valence-electron chi connectivity index (χ3n) is 2.81. The van der Waals surface area contributed by atoms with Crippen molar-refractivity contribution in [2.75, 3.05) is 6.54 Å². The summed E-state index contributed by atoms with van der Waals surface area (Å²) in [6, 6.07) is 0. The lowest BCUT2D eigenvalue weighted by Crippen LogP contribution is -2.39. The number of amidine groups is 1. The van der Waals surface area contributed by atoms with E-state index in [2.05, 4.69) is 43.0 Å². The maximum Gasteiger partial charge on any atom is 0.157 e. The summed E-state index contributed by atoms with van der Waals surface area (Å²) < 4.78 is 0. The molecular weight excluding hydrogens is 250 g/mol. The third-order valence-corrected chi connectivity index (χ3v) is 5.36. The Kier molecular flexibility index (Phi) is 3.78. The van der Waals surface area contributed by atoms with Gasteiger partial charge in [-0.25, -0.2) is 4.98 Å². The molecule has 0 fully saturated rings. The zero-order chi connectivity index (χ0) is 12.5. The van der Waals surface area contributed by atoms with Gasteiger partial charge in [-0.15, -0.1) is 11.3 Å². The summed E-state index contributed by atoms with van der Waals surface area (Å²) in [4.78, 5) is 8.95. The fraction of sp³-hybridized carbons (Fsp3) is 0.667. The molecule has 3 nitrogen and oxygen atoms in total. The van der Waals surface area contributed by atoms with Gasteiger partial charge in [-0.2, -0.15) is 0 Å². The third kappa shape index (κ3) is 3.01. The number of aliphatic imine (C=N–C) groups is 1. The molecule has 1 unspecified atom stereocenters. The van der Waals surface area contributed by atoms with Gasteiger partial charge in [0.1, 0.15) is 5.01 Å². The molecule has 94 valence electrons. The van der Waals surface area contributed by atoms with Crippen LogP contribution in [0.3, 0.4) is 0 Å². The average Bonchev–Trinajstić information content (AvgIpc) is 2.85. The Morgan fingerprint density at radius 2 is 2.24 bits per heavy atom. The topological polar surface area (TPSA) is 37.3 Å². The second kappa shape index (κ2) is 4.98. The molecule has 1 aromatic rings. The quantitative estimate of drug-likeness (QED) is 0.916. The Hall–Kier alpha value is -0.550. The van der Waals surface area contributed by atoms with Gasteiger partial charge in [-0.1, -0.05) is 25.6 Å². The Bertz CT molecular complexity index is 396. The number of hydrogen-bond acceptors (Lipinski definition) is 5. The zero-order valence-electron chi connectivity index (χ0n) is 10.7. The first-order valence-electron chi connectivity index (χ1n) is 5.88. The van der Waals surface area contributed by atoms with Crippen molar-refractivity contribution in [3.8, 4) is 0 Å². The molecular formula is C12H19N3S2. The number of thioether (sulfide) groups is 1. The average molecular weight is 269 g/mol. The summed E-state index contributed by atoms with van der Waals surface area (Å²) >= 11 is 3.54. The van der Waals surface area contributed by atoms with Crippen LogP contribution in [0.1, 0.15) is 32.7 Å². The smallest absolute Gasteiger partial charge is 0.157 e. The van der Waals surface area contributed by atoms with E-state index in [1.165, 1.54) is 0 Å². The van der Waals surface area contributed by atoms with Crippen LogP contribution in [0.15, 0.2) is 16.6 Å². The lowest BCUT2D eigenvalue weighted by molar-refractivity contribution is 0.487. The van der Waals surface area contributed by atoms with Crippen molar-refractivity contribution >= 4 is 28.3 Å². The van der Waals surface area contributed by atoms with Gasteiger partial charge in [-0.3, -0.25) is 4.99 Å². The molecule has 0 aromatic carbocycles. The predicted molar refractivity (Wildman–Crippen MR) is 76.8 cm³/mol. The summed E-state index contributed by atoms with van der Waals surface area (Å²) in [7, 11) is 0. The van der Waals surface area contributed by atoms with Crippen molar-refractivity contribution in [1.82, 2.24) is 10.3 Å². The van der Waals surface area contributed by atoms with E-state index in [4.69, 9.17) is 0 Å². The highest BCUT2D eigenvalue weighted by molar-refractivity contribution is 8.14. The van der Waals surface area contributed by atoms with E-state index in [1.54, 1.807) is 11.3 Å². The molecule has 0 spiro atoms. The summed E-state index contributed by atoms with van der Waals surface area (Å²) in [5.41, 5.74) is -0.133. The van der Waals surface area contributed by atoms with Crippen molar-refractivity contribution in [3.63, 3.8) is 0 Å². The van der Waals surface area contributed by atoms with Gasteiger partial charge in [-0.05, 0) is 19.8 Å². The van der Waals surface area contributed by atoms with Crippen molar-refractivity contribution in [2.24, 2.45) is 10.9 Å². The summed E-state index contributed by atoms with van der Waals surface area (Å²) in [5.74, 6) is 0.672. The fourth-order valence-corrected chi connectivity index (χ4v) is 3.55. The number of hydrogen-bond donors (Lipinski definition) is 1. The maximum absolute atomic E-state index is 4.58. The molecule has 0 aliphatic carbocycles. The van der Waals surface area contributed by atoms with Crippen LogP contribution in [0.25, 0.3) is 0 Å². The van der Waals surface area contributed by atoms with Gasteiger partial charge in [0.25, 0.3) is 0 Å². The highest BCUT2D eigenvalue weighted by Crippen LogP contribution is 2.29. The second-order valence-electron chi connectivity index (χ2n) is 5.13. The number of nitrogens with one attached hydrogen (secondary N) is 1. The van der Waals surface area contributed by atoms with Crippen LogP contribution >= 0.6 is 23.1 Å². The van der Waals surface area contributed by atoms with Crippen LogP contribution in [0, 0.1) is 5.92 Å². The van der Waals surface area contributed by atoms with Crippen molar-refractivity contribution < 1.29 is 0 Å². The zero-order valence-corrected chi connectivity index (χ0v) is 12.4. The molecule has 1 aromatic heterocycles. The molecule has 0 amide bonds. The van der Waals surface area contributed by atoms with E-state index < -0.39 is 0 Å². The molecule has 0 saturated carbocycles. The molecule has 0 saturated heterocycles. The van der Waals surface area contributed by atoms with Crippen LogP contribution < -0.4 is 5.32 Å². The lowest BCUT2D eigenvalue weighted by Gasteiger charge is -2.25. The molecule has 1 aliphatic rings. The van der Waals surface area contributed by atoms with Gasteiger partial charge in [0.05, 0.1) is 12.1 Å². The first-order valence-corrected chi connectivity index (χ1v) is 7.64. The van der Waals surface area contributed by atoms with Crippen LogP contribution in [0.4, 0.5) is 0 Å². The molecule has 2 heterocycles. The number of rotatable bonds is 3. The monoisotopic (exact) mass is 269 g/mol. The maximum atomic E-state index is 4.58. The summed E-state index contributed by atoms with van der Waals surface area (Å²) in [6.45, 7) is 9.73. The van der Waals surface area contributed by atoms with Crippen molar-refractivity contribution in [3.05, 3.63) is 16.6 Å². The molecule has 1 aliphatic heterocycles. The number of nitrogens with zero attached hydrogens (tertiary/aromatic N) is 2. The van der Waals surface area contributed by atoms with Crippen LogP contribution in [-0.4, -0.2) is 21.9 Å². The Morgan fingerprint density at radius 1 is 1.47 bits per heavy atom. The van der Waals surface area contributed by atoms with Crippen molar-refractivity contribution in [2.45, 2.75) is 38.5 Å². The van der Waals surface area contributed by atoms with Gasteiger partial charge in [0, 0.05) is 16.8 Å². The fourth-order valence-electron chi connectivity index (χ4n) is 1.66. The first-order chi connectivity index (χ1) is 7.99. The van der Waals surface area contributed by atoms with Crippen LogP contribution in [-0.2, 0) is 5.54 Å². The first kappa shape index (κ1) is 12.9. The largest absolute Gasteiger partial charge is 0.354 e. The second-order valence-corrected chi connectivity index (χ2v) is 7.26. The molecule has 1 atom stereocenters. The minimum absolute atomic E-state index is 0.133. The minimum atomic E-state index is -0.133. The van der Waals surface area contributed by atoms with E-state index in [9.17, 15) is 0 Å². The van der Waals surface area contributed by atoms with E-state index in [-0.39, 0.29) is 5.54 Å². The van der Waals surface area contributed by atoms with E-state index in [0.29, 0.717) is 11.2 Å². The number of thiazole rings is 1. The highest BCUT2D eigenvalue weighted by atomic mass is 32.2. The molecule has 5 heteroatoms. The van der Waals surface area contributed by atoms with E-state index in [1.807, 2.05) is 23.3 Å².